The number of amides is 2. The van der Waals surface area contributed by atoms with Crippen LogP contribution in [0.2, 0.25) is 0 Å². The Morgan fingerprint density at radius 2 is 2.10 bits per heavy atom. The standard InChI is InChI=1S/C14H18N2O5/c1-9-3-2-4-10(7-9)21-8-13(18)16-11(14(19)20)5-6-12(15)17/h2-4,7,11H,5-6,8H2,1H3,(H2,15,17)(H,16,18)(H,19,20)/t11-/m1/s1. The number of benzene rings is 1. The smallest absolute Gasteiger partial charge is 0.326 e. The molecule has 0 heterocycles. The van der Waals surface area contributed by atoms with Crippen LogP contribution < -0.4 is 15.8 Å². The van der Waals surface area contributed by atoms with E-state index in [0.717, 1.165) is 5.56 Å². The molecule has 0 spiro atoms. The monoisotopic (exact) mass is 294 g/mol. The second kappa shape index (κ2) is 7.88. The lowest BCUT2D eigenvalue weighted by Gasteiger charge is -2.14. The lowest BCUT2D eigenvalue weighted by atomic mass is 10.1. The Kier molecular flexibility index (Phi) is 6.19. The zero-order valence-electron chi connectivity index (χ0n) is 11.7. The van der Waals surface area contributed by atoms with Gasteiger partial charge in [-0.2, -0.15) is 0 Å². The van der Waals surface area contributed by atoms with E-state index < -0.39 is 23.8 Å². The molecule has 1 aromatic rings. The van der Waals surface area contributed by atoms with E-state index in [9.17, 15) is 14.4 Å². The molecular formula is C14H18N2O5. The lowest BCUT2D eigenvalue weighted by Crippen LogP contribution is -2.43. The molecule has 0 saturated heterocycles. The number of ether oxygens (including phenoxy) is 1. The van der Waals surface area contributed by atoms with Crippen molar-refractivity contribution in [3.05, 3.63) is 29.8 Å². The van der Waals surface area contributed by atoms with Gasteiger partial charge in [-0.05, 0) is 31.0 Å². The number of nitrogens with one attached hydrogen (secondary N) is 1. The number of carboxylic acid groups (broad SMARTS) is 1. The maximum Gasteiger partial charge on any atom is 0.326 e. The number of rotatable bonds is 8. The Hall–Kier alpha value is -2.57. The Labute approximate surface area is 122 Å². The van der Waals surface area contributed by atoms with Gasteiger partial charge in [0.15, 0.2) is 6.61 Å². The van der Waals surface area contributed by atoms with E-state index in [1.54, 1.807) is 18.2 Å². The van der Waals surface area contributed by atoms with Crippen molar-refractivity contribution in [3.8, 4) is 5.75 Å². The second-order valence-corrected chi connectivity index (χ2v) is 4.57. The van der Waals surface area contributed by atoms with Crippen LogP contribution in [-0.2, 0) is 14.4 Å². The molecule has 0 aliphatic heterocycles. The fourth-order valence-corrected chi connectivity index (χ4v) is 1.63. The van der Waals surface area contributed by atoms with E-state index in [0.29, 0.717) is 5.75 Å². The van der Waals surface area contributed by atoms with Gasteiger partial charge < -0.3 is 20.9 Å². The molecule has 0 saturated carbocycles. The van der Waals surface area contributed by atoms with Crippen molar-refractivity contribution in [1.82, 2.24) is 5.32 Å². The third-order valence-corrected chi connectivity index (χ3v) is 2.67. The number of hydrogen-bond acceptors (Lipinski definition) is 4. The van der Waals surface area contributed by atoms with Crippen molar-refractivity contribution in [1.29, 1.82) is 0 Å². The Bertz CT molecular complexity index is 530. The molecule has 7 nitrogen and oxygen atoms in total. The molecule has 4 N–H and O–H groups in total. The summed E-state index contributed by atoms with van der Waals surface area (Å²) in [6.07, 6.45) is -0.170. The number of aliphatic carboxylic acids is 1. The molecule has 1 aromatic carbocycles. The van der Waals surface area contributed by atoms with Gasteiger partial charge in [0.25, 0.3) is 5.91 Å². The van der Waals surface area contributed by atoms with Gasteiger partial charge in [0.2, 0.25) is 5.91 Å². The fraction of sp³-hybridized carbons (Fsp3) is 0.357. The SMILES string of the molecule is Cc1cccc(OCC(=O)N[C@H](CCC(N)=O)C(=O)O)c1. The molecule has 21 heavy (non-hydrogen) atoms. The number of carbonyl (C=O) groups excluding carboxylic acids is 2. The molecular weight excluding hydrogens is 276 g/mol. The van der Waals surface area contributed by atoms with Gasteiger partial charge in [0, 0.05) is 6.42 Å². The van der Waals surface area contributed by atoms with Crippen LogP contribution in [0.4, 0.5) is 0 Å². The van der Waals surface area contributed by atoms with Gasteiger partial charge in [0.05, 0.1) is 0 Å². The van der Waals surface area contributed by atoms with E-state index in [1.807, 2.05) is 13.0 Å². The maximum absolute atomic E-state index is 11.6. The normalized spacial score (nSPS) is 11.5. The van der Waals surface area contributed by atoms with Gasteiger partial charge in [-0.15, -0.1) is 0 Å². The van der Waals surface area contributed by atoms with E-state index in [1.165, 1.54) is 0 Å². The largest absolute Gasteiger partial charge is 0.484 e. The van der Waals surface area contributed by atoms with Gasteiger partial charge in [-0.25, -0.2) is 4.79 Å². The van der Waals surface area contributed by atoms with Gasteiger partial charge in [0.1, 0.15) is 11.8 Å². The van der Waals surface area contributed by atoms with E-state index in [2.05, 4.69) is 5.32 Å². The van der Waals surface area contributed by atoms with E-state index >= 15 is 0 Å². The lowest BCUT2D eigenvalue weighted by molar-refractivity contribution is -0.142. The molecule has 0 radical (unpaired) electrons. The molecule has 0 aromatic heterocycles. The third-order valence-electron chi connectivity index (χ3n) is 2.67. The van der Waals surface area contributed by atoms with Crippen LogP contribution in [-0.4, -0.2) is 35.5 Å². The minimum absolute atomic E-state index is 0.0547. The molecule has 0 bridgehead atoms. The first-order valence-corrected chi connectivity index (χ1v) is 6.38. The van der Waals surface area contributed by atoms with Crippen LogP contribution >= 0.6 is 0 Å². The summed E-state index contributed by atoms with van der Waals surface area (Å²) in [5.41, 5.74) is 5.94. The van der Waals surface area contributed by atoms with E-state index in [4.69, 9.17) is 15.6 Å². The number of hydrogen-bond donors (Lipinski definition) is 3. The molecule has 0 aliphatic rings. The molecule has 0 fully saturated rings. The maximum atomic E-state index is 11.6. The second-order valence-electron chi connectivity index (χ2n) is 4.57. The van der Waals surface area contributed by atoms with Crippen LogP contribution in [0, 0.1) is 6.92 Å². The molecule has 114 valence electrons. The average molecular weight is 294 g/mol. The molecule has 0 unspecified atom stereocenters. The quantitative estimate of drug-likeness (QED) is 0.633. The molecule has 1 atom stereocenters. The van der Waals surface area contributed by atoms with E-state index in [-0.39, 0.29) is 19.4 Å². The first kappa shape index (κ1) is 16.5. The van der Waals surface area contributed by atoms with Crippen molar-refractivity contribution >= 4 is 17.8 Å². The van der Waals surface area contributed by atoms with Crippen molar-refractivity contribution in [2.24, 2.45) is 5.73 Å². The summed E-state index contributed by atoms with van der Waals surface area (Å²) < 4.78 is 5.26. The molecule has 7 heteroatoms. The minimum atomic E-state index is -1.22. The Morgan fingerprint density at radius 1 is 1.38 bits per heavy atom. The number of primary amides is 1. The first-order valence-electron chi connectivity index (χ1n) is 6.38. The highest BCUT2D eigenvalue weighted by Gasteiger charge is 2.20. The van der Waals surface area contributed by atoms with Crippen molar-refractivity contribution in [2.75, 3.05) is 6.61 Å². The van der Waals surface area contributed by atoms with Crippen LogP contribution in [0.1, 0.15) is 18.4 Å². The highest BCUT2D eigenvalue weighted by Crippen LogP contribution is 2.11. The van der Waals surface area contributed by atoms with Gasteiger partial charge in [-0.1, -0.05) is 12.1 Å². The zero-order chi connectivity index (χ0) is 15.8. The van der Waals surface area contributed by atoms with Crippen molar-refractivity contribution < 1.29 is 24.2 Å². The number of aryl methyl sites for hydroxylation is 1. The third kappa shape index (κ3) is 6.42. The Morgan fingerprint density at radius 3 is 2.67 bits per heavy atom. The molecule has 1 rings (SSSR count). The molecule has 2 amide bonds. The predicted molar refractivity (Wildman–Crippen MR) is 74.7 cm³/mol. The average Bonchev–Trinajstić information content (AvgIpc) is 2.40. The van der Waals surface area contributed by atoms with Crippen LogP contribution in [0.15, 0.2) is 24.3 Å². The van der Waals surface area contributed by atoms with Crippen LogP contribution in [0.5, 0.6) is 5.75 Å². The summed E-state index contributed by atoms with van der Waals surface area (Å²) in [6.45, 7) is 1.58. The summed E-state index contributed by atoms with van der Waals surface area (Å²) in [5.74, 6) is -1.89. The summed E-state index contributed by atoms with van der Waals surface area (Å²) in [5, 5.41) is 11.2. The first-order chi connectivity index (χ1) is 9.88. The number of carbonyl (C=O) groups is 3. The topological polar surface area (TPSA) is 119 Å². The zero-order valence-corrected chi connectivity index (χ0v) is 11.7. The number of carboxylic acids is 1. The summed E-state index contributed by atoms with van der Waals surface area (Å²) in [6, 6.07) is 5.97. The van der Waals surface area contributed by atoms with Gasteiger partial charge >= 0.3 is 5.97 Å². The fourth-order valence-electron chi connectivity index (χ4n) is 1.63. The number of nitrogens with two attached hydrogens (primary N) is 1. The minimum Gasteiger partial charge on any atom is -0.484 e. The van der Waals surface area contributed by atoms with Crippen LogP contribution in [0.3, 0.4) is 0 Å². The summed E-state index contributed by atoms with van der Waals surface area (Å²) >= 11 is 0. The Balaban J connectivity index is 2.46. The highest BCUT2D eigenvalue weighted by atomic mass is 16.5. The summed E-state index contributed by atoms with van der Waals surface area (Å²) in [7, 11) is 0. The van der Waals surface area contributed by atoms with Gasteiger partial charge in [-0.3, -0.25) is 9.59 Å². The molecule has 0 aliphatic carbocycles. The predicted octanol–water partition coefficient (Wildman–Crippen LogP) is 0.209. The highest BCUT2D eigenvalue weighted by molar-refractivity contribution is 5.85. The summed E-state index contributed by atoms with van der Waals surface area (Å²) in [4.78, 5) is 33.3. The van der Waals surface area contributed by atoms with Crippen molar-refractivity contribution in [3.63, 3.8) is 0 Å². The van der Waals surface area contributed by atoms with Crippen LogP contribution in [0.25, 0.3) is 0 Å². The van der Waals surface area contributed by atoms with Crippen molar-refractivity contribution in [2.45, 2.75) is 25.8 Å².